The molecule has 0 aromatic heterocycles. The van der Waals surface area contributed by atoms with Gasteiger partial charge in [-0.2, -0.15) is 0 Å². The maximum atomic E-state index is 10.3. The van der Waals surface area contributed by atoms with Crippen LogP contribution in [0.2, 0.25) is 0 Å². The van der Waals surface area contributed by atoms with E-state index in [4.69, 9.17) is 4.74 Å². The van der Waals surface area contributed by atoms with Crippen molar-refractivity contribution < 1.29 is 14.6 Å². The van der Waals surface area contributed by atoms with E-state index < -0.39 is 5.60 Å². The van der Waals surface area contributed by atoms with E-state index in [9.17, 15) is 9.90 Å². The second-order valence-corrected chi connectivity index (χ2v) is 5.52. The standard InChI is InChI=1S/C17H21NO3/c1-18(2)15-13-14(7-10-17(20)8-3-9-17)5-6-16(15)21-12-4-11-19/h5-6,11,13,20H,3-4,8-9,12H2,1-2H3. The third-order valence-corrected chi connectivity index (χ3v) is 3.55. The third kappa shape index (κ3) is 3.99. The molecule has 0 amide bonds. The molecule has 1 aliphatic rings. The van der Waals surface area contributed by atoms with Crippen molar-refractivity contribution in [1.82, 2.24) is 0 Å². The normalized spacial score (nSPS) is 15.4. The molecule has 1 N–H and O–H groups in total. The minimum Gasteiger partial charge on any atom is -0.491 e. The Morgan fingerprint density at radius 3 is 2.76 bits per heavy atom. The maximum Gasteiger partial charge on any atom is 0.142 e. The Hall–Kier alpha value is -1.99. The number of nitrogens with zero attached hydrogens (tertiary/aromatic N) is 1. The Morgan fingerprint density at radius 2 is 2.19 bits per heavy atom. The summed E-state index contributed by atoms with van der Waals surface area (Å²) in [7, 11) is 3.86. The van der Waals surface area contributed by atoms with Crippen LogP contribution < -0.4 is 9.64 Å². The zero-order chi connectivity index (χ0) is 15.3. The molecule has 1 aromatic carbocycles. The minimum absolute atomic E-state index is 0.370. The van der Waals surface area contributed by atoms with E-state index in [1.165, 1.54) is 0 Å². The predicted molar refractivity (Wildman–Crippen MR) is 82.6 cm³/mol. The number of aliphatic hydroxyl groups is 1. The van der Waals surface area contributed by atoms with Gasteiger partial charge in [-0.1, -0.05) is 11.8 Å². The van der Waals surface area contributed by atoms with Gasteiger partial charge in [-0.3, -0.25) is 0 Å². The van der Waals surface area contributed by atoms with Gasteiger partial charge in [0.1, 0.15) is 17.6 Å². The highest BCUT2D eigenvalue weighted by molar-refractivity contribution is 5.62. The van der Waals surface area contributed by atoms with E-state index in [0.29, 0.717) is 13.0 Å². The fourth-order valence-electron chi connectivity index (χ4n) is 2.11. The van der Waals surface area contributed by atoms with Crippen LogP contribution in [0, 0.1) is 11.8 Å². The lowest BCUT2D eigenvalue weighted by Crippen LogP contribution is -2.34. The van der Waals surface area contributed by atoms with Gasteiger partial charge >= 0.3 is 0 Å². The number of hydrogen-bond donors (Lipinski definition) is 1. The van der Waals surface area contributed by atoms with Crippen molar-refractivity contribution >= 4 is 12.0 Å². The zero-order valence-electron chi connectivity index (χ0n) is 12.6. The number of anilines is 1. The lowest BCUT2D eigenvalue weighted by molar-refractivity contribution is -0.108. The predicted octanol–water partition coefficient (Wildman–Crippen LogP) is 1.99. The SMILES string of the molecule is CN(C)c1cc(C#CC2(O)CCC2)ccc1OCCC=O. The molecule has 0 heterocycles. The zero-order valence-corrected chi connectivity index (χ0v) is 12.6. The molecule has 0 atom stereocenters. The molecule has 4 heteroatoms. The lowest BCUT2D eigenvalue weighted by atomic mass is 9.81. The highest BCUT2D eigenvalue weighted by atomic mass is 16.5. The summed E-state index contributed by atoms with van der Waals surface area (Å²) >= 11 is 0. The molecular weight excluding hydrogens is 266 g/mol. The lowest BCUT2D eigenvalue weighted by Gasteiger charge is -2.30. The Labute approximate surface area is 125 Å². The van der Waals surface area contributed by atoms with Crippen molar-refractivity contribution in [1.29, 1.82) is 0 Å². The van der Waals surface area contributed by atoms with E-state index in [2.05, 4.69) is 11.8 Å². The Kier molecular flexibility index (Phi) is 4.87. The molecule has 0 unspecified atom stereocenters. The number of carbonyl (C=O) groups is 1. The van der Waals surface area contributed by atoms with Gasteiger partial charge in [-0.25, -0.2) is 0 Å². The Balaban J connectivity index is 2.17. The van der Waals surface area contributed by atoms with Crippen LogP contribution >= 0.6 is 0 Å². The highest BCUT2D eigenvalue weighted by Gasteiger charge is 2.32. The van der Waals surface area contributed by atoms with Crippen molar-refractivity contribution in [2.45, 2.75) is 31.3 Å². The summed E-state index contributed by atoms with van der Waals surface area (Å²) in [6.07, 6.45) is 3.77. The summed E-state index contributed by atoms with van der Waals surface area (Å²) in [5.41, 5.74) is 0.965. The molecule has 0 saturated heterocycles. The van der Waals surface area contributed by atoms with Crippen LogP contribution in [0.1, 0.15) is 31.2 Å². The molecular formula is C17H21NO3. The van der Waals surface area contributed by atoms with E-state index in [0.717, 1.165) is 42.5 Å². The van der Waals surface area contributed by atoms with Gasteiger partial charge in [0.05, 0.1) is 12.3 Å². The van der Waals surface area contributed by atoms with Crippen LogP contribution in [0.5, 0.6) is 5.75 Å². The number of carbonyl (C=O) groups excluding carboxylic acids is 1. The average Bonchev–Trinajstić information content (AvgIpc) is 2.44. The molecule has 1 aromatic rings. The number of benzene rings is 1. The van der Waals surface area contributed by atoms with Gasteiger partial charge in [0.15, 0.2) is 0 Å². The topological polar surface area (TPSA) is 49.8 Å². The molecule has 0 aliphatic heterocycles. The van der Waals surface area contributed by atoms with E-state index in [-0.39, 0.29) is 0 Å². The van der Waals surface area contributed by atoms with Gasteiger partial charge in [-0.05, 0) is 37.5 Å². The summed E-state index contributed by atoms with van der Waals surface area (Å²) in [5, 5.41) is 10.0. The van der Waals surface area contributed by atoms with Crippen LogP contribution in [0.25, 0.3) is 0 Å². The molecule has 0 bridgehead atoms. The van der Waals surface area contributed by atoms with Crippen molar-refractivity contribution in [3.8, 4) is 17.6 Å². The molecule has 0 spiro atoms. The van der Waals surface area contributed by atoms with Gasteiger partial charge in [-0.15, -0.1) is 0 Å². The molecule has 21 heavy (non-hydrogen) atoms. The number of ether oxygens (including phenoxy) is 1. The second-order valence-electron chi connectivity index (χ2n) is 5.52. The number of aldehydes is 1. The quantitative estimate of drug-likeness (QED) is 0.511. The highest BCUT2D eigenvalue weighted by Crippen LogP contribution is 2.31. The van der Waals surface area contributed by atoms with Crippen LogP contribution in [0.15, 0.2) is 18.2 Å². The van der Waals surface area contributed by atoms with Gasteiger partial charge in [0.25, 0.3) is 0 Å². The number of rotatable bonds is 5. The molecule has 112 valence electrons. The number of hydrogen-bond acceptors (Lipinski definition) is 4. The average molecular weight is 287 g/mol. The van der Waals surface area contributed by atoms with Crippen LogP contribution in [0.4, 0.5) is 5.69 Å². The fourth-order valence-corrected chi connectivity index (χ4v) is 2.11. The van der Waals surface area contributed by atoms with Gasteiger partial charge in [0.2, 0.25) is 0 Å². The van der Waals surface area contributed by atoms with E-state index in [1.807, 2.05) is 37.2 Å². The molecule has 0 radical (unpaired) electrons. The van der Waals surface area contributed by atoms with Crippen molar-refractivity contribution in [3.63, 3.8) is 0 Å². The molecule has 4 nitrogen and oxygen atoms in total. The van der Waals surface area contributed by atoms with Crippen LogP contribution in [0.3, 0.4) is 0 Å². The largest absolute Gasteiger partial charge is 0.491 e. The monoisotopic (exact) mass is 287 g/mol. The Morgan fingerprint density at radius 1 is 1.43 bits per heavy atom. The van der Waals surface area contributed by atoms with Gasteiger partial charge < -0.3 is 19.5 Å². The van der Waals surface area contributed by atoms with Crippen molar-refractivity contribution in [2.24, 2.45) is 0 Å². The summed E-state index contributed by atoms with van der Waals surface area (Å²) in [4.78, 5) is 12.3. The summed E-state index contributed by atoms with van der Waals surface area (Å²) in [5.74, 6) is 6.72. The van der Waals surface area contributed by atoms with E-state index in [1.54, 1.807) is 0 Å². The smallest absolute Gasteiger partial charge is 0.142 e. The maximum absolute atomic E-state index is 10.3. The van der Waals surface area contributed by atoms with Gasteiger partial charge in [0, 0.05) is 26.1 Å². The van der Waals surface area contributed by atoms with E-state index >= 15 is 0 Å². The third-order valence-electron chi connectivity index (χ3n) is 3.55. The minimum atomic E-state index is -0.794. The molecule has 1 aliphatic carbocycles. The molecule has 2 rings (SSSR count). The van der Waals surface area contributed by atoms with Crippen molar-refractivity contribution in [2.75, 3.05) is 25.6 Å². The summed E-state index contributed by atoms with van der Waals surface area (Å²) in [6, 6.07) is 5.67. The van der Waals surface area contributed by atoms with Crippen LogP contribution in [-0.4, -0.2) is 37.7 Å². The van der Waals surface area contributed by atoms with Crippen molar-refractivity contribution in [3.05, 3.63) is 23.8 Å². The Bertz CT molecular complexity index is 565. The fraction of sp³-hybridized carbons (Fsp3) is 0.471. The first kappa shape index (κ1) is 15.4. The molecule has 1 saturated carbocycles. The second kappa shape index (κ2) is 6.64. The first-order valence-corrected chi connectivity index (χ1v) is 7.17. The first-order chi connectivity index (χ1) is 10.0. The summed E-state index contributed by atoms with van der Waals surface area (Å²) < 4.78 is 5.60. The summed E-state index contributed by atoms with van der Waals surface area (Å²) in [6.45, 7) is 0.370. The van der Waals surface area contributed by atoms with Crippen LogP contribution in [-0.2, 0) is 4.79 Å². The first-order valence-electron chi connectivity index (χ1n) is 7.17. The molecule has 1 fully saturated rings.